The molecule has 0 amide bonds. The van der Waals surface area contributed by atoms with Gasteiger partial charge in [-0.15, -0.1) is 0 Å². The van der Waals surface area contributed by atoms with Crippen molar-refractivity contribution in [3.05, 3.63) is 0 Å². The van der Waals surface area contributed by atoms with E-state index < -0.39 is 0 Å². The molecule has 2 N–H and O–H groups in total. The van der Waals surface area contributed by atoms with Crippen molar-refractivity contribution in [2.45, 2.75) is 19.4 Å². The second-order valence-electron chi connectivity index (χ2n) is 3.11. The van der Waals surface area contributed by atoms with Crippen LogP contribution < -0.4 is 0 Å². The van der Waals surface area contributed by atoms with Crippen LogP contribution in [-0.4, -0.2) is 61.2 Å². The number of aliphatic hydroxyl groups is 2. The van der Waals surface area contributed by atoms with Crippen molar-refractivity contribution in [2.75, 3.05) is 40.0 Å². The van der Waals surface area contributed by atoms with Crippen LogP contribution in [0, 0.1) is 0 Å². The number of rotatable bonds is 8. The van der Waals surface area contributed by atoms with Crippen molar-refractivity contribution in [1.82, 2.24) is 4.90 Å². The summed E-state index contributed by atoms with van der Waals surface area (Å²) in [4.78, 5) is 2.05. The first-order valence-corrected chi connectivity index (χ1v) is 4.71. The molecule has 0 saturated carbocycles. The molecule has 0 fully saturated rings. The summed E-state index contributed by atoms with van der Waals surface area (Å²) in [5, 5.41) is 17.6. The average molecular weight is 191 g/mol. The first-order chi connectivity index (χ1) is 6.26. The van der Waals surface area contributed by atoms with E-state index in [-0.39, 0.29) is 13.2 Å². The van der Waals surface area contributed by atoms with Crippen molar-refractivity contribution in [3.63, 3.8) is 0 Å². The Morgan fingerprint density at radius 3 is 2.15 bits per heavy atom. The molecule has 0 aromatic carbocycles. The topological polar surface area (TPSA) is 52.9 Å². The van der Waals surface area contributed by atoms with Gasteiger partial charge in [0.15, 0.2) is 0 Å². The summed E-state index contributed by atoms with van der Waals surface area (Å²) in [6.45, 7) is 4.30. The summed E-state index contributed by atoms with van der Waals surface area (Å²) >= 11 is 0. The predicted molar refractivity (Wildman–Crippen MR) is 51.7 cm³/mol. The van der Waals surface area contributed by atoms with Crippen molar-refractivity contribution in [1.29, 1.82) is 0 Å². The van der Waals surface area contributed by atoms with Crippen LogP contribution in [0.4, 0.5) is 0 Å². The Morgan fingerprint density at radius 2 is 1.77 bits per heavy atom. The Labute approximate surface area is 80.1 Å². The van der Waals surface area contributed by atoms with Crippen LogP contribution in [0.1, 0.15) is 13.3 Å². The molecule has 0 spiro atoms. The Hall–Kier alpha value is -0.160. The van der Waals surface area contributed by atoms with Crippen molar-refractivity contribution < 1.29 is 14.9 Å². The molecule has 80 valence electrons. The molecule has 13 heavy (non-hydrogen) atoms. The minimum Gasteiger partial charge on any atom is -0.395 e. The van der Waals surface area contributed by atoms with E-state index in [1.807, 2.05) is 0 Å². The fraction of sp³-hybridized carbons (Fsp3) is 1.00. The number of hydrogen-bond donors (Lipinski definition) is 2. The quantitative estimate of drug-likeness (QED) is 0.553. The lowest BCUT2D eigenvalue weighted by atomic mass is 10.2. The average Bonchev–Trinajstić information content (AvgIpc) is 2.14. The van der Waals surface area contributed by atoms with E-state index in [1.54, 1.807) is 7.11 Å². The number of nitrogens with zero attached hydrogens (tertiary/aromatic N) is 1. The van der Waals surface area contributed by atoms with Gasteiger partial charge in [-0.05, 0) is 13.3 Å². The largest absolute Gasteiger partial charge is 0.395 e. The molecule has 1 unspecified atom stereocenters. The molecular weight excluding hydrogens is 170 g/mol. The maximum atomic E-state index is 8.78. The first-order valence-electron chi connectivity index (χ1n) is 4.71. The van der Waals surface area contributed by atoms with Crippen molar-refractivity contribution >= 4 is 0 Å². The summed E-state index contributed by atoms with van der Waals surface area (Å²) in [6.07, 6.45) is 0.927. The van der Waals surface area contributed by atoms with E-state index in [2.05, 4.69) is 11.8 Å². The second-order valence-corrected chi connectivity index (χ2v) is 3.11. The lowest BCUT2D eigenvalue weighted by Gasteiger charge is -2.27. The van der Waals surface area contributed by atoms with Crippen LogP contribution in [0.2, 0.25) is 0 Å². The highest BCUT2D eigenvalue weighted by atomic mass is 16.5. The lowest BCUT2D eigenvalue weighted by molar-refractivity contribution is 0.102. The summed E-state index contributed by atoms with van der Waals surface area (Å²) < 4.78 is 4.97. The maximum Gasteiger partial charge on any atom is 0.0558 e. The second kappa shape index (κ2) is 8.44. The van der Waals surface area contributed by atoms with Crippen LogP contribution in [0.5, 0.6) is 0 Å². The highest BCUT2D eigenvalue weighted by molar-refractivity contribution is 4.66. The number of ether oxygens (including phenoxy) is 1. The van der Waals surface area contributed by atoms with Crippen molar-refractivity contribution in [2.24, 2.45) is 0 Å². The third kappa shape index (κ3) is 5.99. The fourth-order valence-corrected chi connectivity index (χ4v) is 1.28. The fourth-order valence-electron chi connectivity index (χ4n) is 1.28. The zero-order valence-electron chi connectivity index (χ0n) is 8.57. The van der Waals surface area contributed by atoms with E-state index in [1.165, 1.54) is 0 Å². The number of aliphatic hydroxyl groups excluding tert-OH is 2. The summed E-state index contributed by atoms with van der Waals surface area (Å²) in [5.74, 6) is 0. The molecule has 0 aromatic rings. The van der Waals surface area contributed by atoms with Crippen LogP contribution in [-0.2, 0) is 4.74 Å². The third-order valence-corrected chi connectivity index (χ3v) is 2.14. The zero-order chi connectivity index (χ0) is 10.1. The molecule has 0 aliphatic rings. The minimum atomic E-state index is 0.136. The number of hydrogen-bond acceptors (Lipinski definition) is 4. The Morgan fingerprint density at radius 1 is 1.23 bits per heavy atom. The van der Waals surface area contributed by atoms with Crippen LogP contribution in [0.25, 0.3) is 0 Å². The lowest BCUT2D eigenvalue weighted by Crippen LogP contribution is -2.38. The molecular formula is C9H21NO3. The molecule has 1 atom stereocenters. The predicted octanol–water partition coefficient (Wildman–Crippen LogP) is -0.302. The molecule has 0 aromatic heterocycles. The monoisotopic (exact) mass is 191 g/mol. The van der Waals surface area contributed by atoms with E-state index in [4.69, 9.17) is 14.9 Å². The smallest absolute Gasteiger partial charge is 0.0558 e. The molecule has 0 heterocycles. The Bertz CT molecular complexity index is 105. The third-order valence-electron chi connectivity index (χ3n) is 2.14. The number of methoxy groups -OCH3 is 1. The summed E-state index contributed by atoms with van der Waals surface area (Å²) in [6, 6.07) is 0.347. The standard InChI is InChI=1S/C9H21NO3/c1-9(3-8-13-2)10(4-6-11)5-7-12/h9,11-12H,3-8H2,1-2H3. The van der Waals surface area contributed by atoms with Gasteiger partial charge in [0, 0.05) is 32.8 Å². The Balaban J connectivity index is 3.72. The van der Waals surface area contributed by atoms with Gasteiger partial charge in [-0.1, -0.05) is 0 Å². The summed E-state index contributed by atoms with van der Waals surface area (Å²) in [5.41, 5.74) is 0. The van der Waals surface area contributed by atoms with Gasteiger partial charge < -0.3 is 14.9 Å². The van der Waals surface area contributed by atoms with Crippen molar-refractivity contribution in [3.8, 4) is 0 Å². The van der Waals surface area contributed by atoms with Gasteiger partial charge in [-0.25, -0.2) is 0 Å². The van der Waals surface area contributed by atoms with E-state index in [9.17, 15) is 0 Å². The van der Waals surface area contributed by atoms with Crippen LogP contribution >= 0.6 is 0 Å². The van der Waals surface area contributed by atoms with Gasteiger partial charge in [0.2, 0.25) is 0 Å². The van der Waals surface area contributed by atoms with E-state index >= 15 is 0 Å². The first kappa shape index (κ1) is 12.8. The van der Waals surface area contributed by atoms with Gasteiger partial charge in [0.05, 0.1) is 13.2 Å². The molecule has 4 nitrogen and oxygen atoms in total. The molecule has 0 aliphatic carbocycles. The molecule has 0 rings (SSSR count). The van der Waals surface area contributed by atoms with Gasteiger partial charge in [0.25, 0.3) is 0 Å². The highest BCUT2D eigenvalue weighted by Gasteiger charge is 2.11. The molecule has 4 heteroatoms. The molecule has 0 radical (unpaired) electrons. The highest BCUT2D eigenvalue weighted by Crippen LogP contribution is 2.02. The van der Waals surface area contributed by atoms with Crippen LogP contribution in [0.15, 0.2) is 0 Å². The normalized spacial score (nSPS) is 13.6. The van der Waals surface area contributed by atoms with E-state index in [0.717, 1.165) is 6.42 Å². The van der Waals surface area contributed by atoms with Gasteiger partial charge >= 0.3 is 0 Å². The zero-order valence-corrected chi connectivity index (χ0v) is 8.57. The minimum absolute atomic E-state index is 0.136. The van der Waals surface area contributed by atoms with Gasteiger partial charge in [-0.2, -0.15) is 0 Å². The van der Waals surface area contributed by atoms with Gasteiger partial charge in [-0.3, -0.25) is 4.90 Å². The summed E-state index contributed by atoms with van der Waals surface area (Å²) in [7, 11) is 1.68. The SMILES string of the molecule is COCCC(C)N(CCO)CCO. The molecule has 0 saturated heterocycles. The van der Waals surface area contributed by atoms with E-state index in [0.29, 0.717) is 25.7 Å². The van der Waals surface area contributed by atoms with Gasteiger partial charge in [0.1, 0.15) is 0 Å². The van der Waals surface area contributed by atoms with Crippen LogP contribution in [0.3, 0.4) is 0 Å². The molecule has 0 aliphatic heterocycles. The molecule has 0 bridgehead atoms. The maximum absolute atomic E-state index is 8.78. The Kier molecular flexibility index (Phi) is 8.33.